The largest absolute Gasteiger partial charge is 0.454 e. The Balaban J connectivity index is 1.38. The van der Waals surface area contributed by atoms with E-state index >= 15 is 0 Å². The molecular formula is C23H27FN4O4. The fourth-order valence-corrected chi connectivity index (χ4v) is 3.85. The minimum Gasteiger partial charge on any atom is -0.454 e. The fourth-order valence-electron chi connectivity index (χ4n) is 3.85. The van der Waals surface area contributed by atoms with Crippen LogP contribution in [-0.4, -0.2) is 68.2 Å². The van der Waals surface area contributed by atoms with Crippen molar-refractivity contribution in [3.63, 3.8) is 0 Å². The van der Waals surface area contributed by atoms with E-state index in [1.165, 1.54) is 12.1 Å². The average molecular weight is 442 g/mol. The van der Waals surface area contributed by atoms with Gasteiger partial charge in [0.1, 0.15) is 5.82 Å². The summed E-state index contributed by atoms with van der Waals surface area (Å²) in [6.07, 6.45) is 0. The smallest absolute Gasteiger partial charge is 0.309 e. The van der Waals surface area contributed by atoms with Gasteiger partial charge >= 0.3 is 11.8 Å². The summed E-state index contributed by atoms with van der Waals surface area (Å²) in [5, 5.41) is 5.34. The normalized spacial score (nSPS) is 17.1. The SMILES string of the molecule is CN1CCN(C(CNC(=O)C(=O)NCc2ccc(F)cc2)c2ccc3c(c2)OCO3)CC1. The molecule has 0 aliphatic carbocycles. The van der Waals surface area contributed by atoms with E-state index in [1.807, 2.05) is 18.2 Å². The van der Waals surface area contributed by atoms with Crippen LogP contribution in [-0.2, 0) is 16.1 Å². The lowest BCUT2D eigenvalue weighted by Crippen LogP contribution is -2.49. The van der Waals surface area contributed by atoms with Gasteiger partial charge < -0.3 is 25.0 Å². The molecule has 1 unspecified atom stereocenters. The summed E-state index contributed by atoms with van der Waals surface area (Å²) in [6, 6.07) is 11.4. The fraction of sp³-hybridized carbons (Fsp3) is 0.391. The molecule has 2 aromatic carbocycles. The summed E-state index contributed by atoms with van der Waals surface area (Å²) < 4.78 is 23.9. The van der Waals surface area contributed by atoms with Gasteiger partial charge in [0.2, 0.25) is 6.79 Å². The lowest BCUT2D eigenvalue weighted by atomic mass is 10.0. The highest BCUT2D eigenvalue weighted by atomic mass is 19.1. The maximum absolute atomic E-state index is 13.0. The van der Waals surface area contributed by atoms with Crippen LogP contribution in [0.5, 0.6) is 11.5 Å². The minimum atomic E-state index is -0.725. The van der Waals surface area contributed by atoms with E-state index < -0.39 is 11.8 Å². The van der Waals surface area contributed by atoms with E-state index in [-0.39, 0.29) is 31.7 Å². The standard InChI is InChI=1S/C23H27FN4O4/c1-27-8-10-28(11-9-27)19(17-4-7-20-21(12-17)32-15-31-20)14-26-23(30)22(29)25-13-16-2-5-18(24)6-3-16/h2-7,12,19H,8-11,13-15H2,1H3,(H,25,29)(H,26,30). The molecule has 0 radical (unpaired) electrons. The number of nitrogens with zero attached hydrogens (tertiary/aromatic N) is 2. The molecule has 8 nitrogen and oxygen atoms in total. The van der Waals surface area contributed by atoms with Gasteiger partial charge in [-0.1, -0.05) is 18.2 Å². The molecule has 32 heavy (non-hydrogen) atoms. The number of rotatable bonds is 6. The summed E-state index contributed by atoms with van der Waals surface area (Å²) >= 11 is 0. The van der Waals surface area contributed by atoms with E-state index in [9.17, 15) is 14.0 Å². The zero-order valence-electron chi connectivity index (χ0n) is 18.0. The summed E-state index contributed by atoms with van der Waals surface area (Å²) in [4.78, 5) is 29.2. The number of benzene rings is 2. The van der Waals surface area contributed by atoms with Gasteiger partial charge in [-0.15, -0.1) is 0 Å². The zero-order valence-corrected chi connectivity index (χ0v) is 18.0. The maximum Gasteiger partial charge on any atom is 0.309 e. The van der Waals surface area contributed by atoms with Crippen LogP contribution in [0.15, 0.2) is 42.5 Å². The van der Waals surface area contributed by atoms with Gasteiger partial charge in [0.15, 0.2) is 11.5 Å². The molecule has 1 fully saturated rings. The van der Waals surface area contributed by atoms with Crippen LogP contribution in [0.3, 0.4) is 0 Å². The van der Waals surface area contributed by atoms with Crippen molar-refractivity contribution in [3.8, 4) is 11.5 Å². The Kier molecular flexibility index (Phi) is 6.87. The Morgan fingerprint density at radius 2 is 1.66 bits per heavy atom. The first-order chi connectivity index (χ1) is 15.5. The van der Waals surface area contributed by atoms with Crippen molar-refractivity contribution in [2.45, 2.75) is 12.6 Å². The summed E-state index contributed by atoms with van der Waals surface area (Å²) in [5.41, 5.74) is 1.70. The average Bonchev–Trinajstić information content (AvgIpc) is 3.27. The third-order valence-electron chi connectivity index (χ3n) is 5.79. The van der Waals surface area contributed by atoms with Crippen LogP contribution in [0.25, 0.3) is 0 Å². The van der Waals surface area contributed by atoms with Crippen LogP contribution >= 0.6 is 0 Å². The van der Waals surface area contributed by atoms with Crippen molar-refractivity contribution in [3.05, 3.63) is 59.4 Å². The van der Waals surface area contributed by atoms with Crippen LogP contribution in [0.2, 0.25) is 0 Å². The molecule has 0 bridgehead atoms. The molecule has 2 heterocycles. The number of hydrogen-bond acceptors (Lipinski definition) is 6. The molecular weight excluding hydrogens is 415 g/mol. The number of hydrogen-bond donors (Lipinski definition) is 2. The Morgan fingerprint density at radius 1 is 0.969 bits per heavy atom. The third kappa shape index (κ3) is 5.35. The summed E-state index contributed by atoms with van der Waals surface area (Å²) in [6.45, 7) is 4.18. The molecule has 2 N–H and O–H groups in total. The van der Waals surface area contributed by atoms with Gasteiger partial charge in [-0.2, -0.15) is 0 Å². The minimum absolute atomic E-state index is 0.105. The van der Waals surface area contributed by atoms with Gasteiger partial charge in [-0.25, -0.2) is 4.39 Å². The molecule has 1 saturated heterocycles. The summed E-state index contributed by atoms with van der Waals surface area (Å²) in [7, 11) is 2.08. The molecule has 0 spiro atoms. The van der Waals surface area contributed by atoms with Gasteiger partial charge in [0.05, 0.1) is 6.04 Å². The first kappa shape index (κ1) is 22.0. The predicted octanol–water partition coefficient (Wildman–Crippen LogP) is 1.28. The van der Waals surface area contributed by atoms with Crippen LogP contribution < -0.4 is 20.1 Å². The summed E-state index contributed by atoms with van der Waals surface area (Å²) in [5.74, 6) is -0.388. The zero-order chi connectivity index (χ0) is 22.5. The number of likely N-dealkylation sites (N-methyl/N-ethyl adjacent to an activating group) is 1. The molecule has 2 amide bonds. The first-order valence-corrected chi connectivity index (χ1v) is 10.6. The van der Waals surface area contributed by atoms with E-state index in [2.05, 4.69) is 27.5 Å². The van der Waals surface area contributed by atoms with Crippen molar-refractivity contribution in [1.82, 2.24) is 20.4 Å². The van der Waals surface area contributed by atoms with Crippen LogP contribution in [0, 0.1) is 5.82 Å². The monoisotopic (exact) mass is 442 g/mol. The van der Waals surface area contributed by atoms with Crippen molar-refractivity contribution in [2.24, 2.45) is 0 Å². The van der Waals surface area contributed by atoms with E-state index in [4.69, 9.17) is 9.47 Å². The Labute approximate surface area is 186 Å². The molecule has 2 aromatic rings. The second-order valence-electron chi connectivity index (χ2n) is 7.99. The van der Waals surface area contributed by atoms with E-state index in [1.54, 1.807) is 12.1 Å². The van der Waals surface area contributed by atoms with Crippen molar-refractivity contribution in [2.75, 3.05) is 46.6 Å². The molecule has 9 heteroatoms. The molecule has 1 atom stereocenters. The van der Waals surface area contributed by atoms with E-state index in [0.717, 1.165) is 31.7 Å². The first-order valence-electron chi connectivity index (χ1n) is 10.6. The van der Waals surface area contributed by atoms with Crippen LogP contribution in [0.4, 0.5) is 4.39 Å². The lowest BCUT2D eigenvalue weighted by molar-refractivity contribution is -0.139. The molecule has 0 aromatic heterocycles. The quantitative estimate of drug-likeness (QED) is 0.656. The van der Waals surface area contributed by atoms with Gasteiger partial charge in [-0.05, 0) is 42.4 Å². The number of fused-ring (bicyclic) bond motifs is 1. The highest BCUT2D eigenvalue weighted by Crippen LogP contribution is 2.35. The molecule has 4 rings (SSSR count). The predicted molar refractivity (Wildman–Crippen MR) is 116 cm³/mol. The third-order valence-corrected chi connectivity index (χ3v) is 5.79. The number of nitrogens with one attached hydrogen (secondary N) is 2. The molecule has 2 aliphatic heterocycles. The second-order valence-corrected chi connectivity index (χ2v) is 7.99. The van der Waals surface area contributed by atoms with Crippen molar-refractivity contribution < 1.29 is 23.5 Å². The van der Waals surface area contributed by atoms with Crippen LogP contribution in [0.1, 0.15) is 17.2 Å². The number of halogens is 1. The highest BCUT2D eigenvalue weighted by molar-refractivity contribution is 6.35. The Bertz CT molecular complexity index is 961. The Hall–Kier alpha value is -3.17. The van der Waals surface area contributed by atoms with E-state index in [0.29, 0.717) is 17.1 Å². The van der Waals surface area contributed by atoms with Gasteiger partial charge in [0, 0.05) is 39.3 Å². The van der Waals surface area contributed by atoms with Crippen molar-refractivity contribution in [1.29, 1.82) is 0 Å². The highest BCUT2D eigenvalue weighted by Gasteiger charge is 2.27. The van der Waals surface area contributed by atoms with Gasteiger partial charge in [-0.3, -0.25) is 14.5 Å². The van der Waals surface area contributed by atoms with Crippen molar-refractivity contribution >= 4 is 11.8 Å². The molecule has 170 valence electrons. The topological polar surface area (TPSA) is 83.1 Å². The molecule has 0 saturated carbocycles. The number of carbonyl (C=O) groups excluding carboxylic acids is 2. The number of piperazine rings is 1. The number of carbonyl (C=O) groups is 2. The number of ether oxygens (including phenoxy) is 2. The number of amides is 2. The van der Waals surface area contributed by atoms with Gasteiger partial charge in [0.25, 0.3) is 0 Å². The maximum atomic E-state index is 13.0. The second kappa shape index (κ2) is 9.97. The lowest BCUT2D eigenvalue weighted by Gasteiger charge is -2.38. The molecule has 2 aliphatic rings. The Morgan fingerprint density at radius 3 is 2.41 bits per heavy atom.